The normalized spacial score (nSPS) is 32.7. The maximum Gasteiger partial charge on any atom is 0.0601 e. The molecule has 0 atom stereocenters. The van der Waals surface area contributed by atoms with E-state index >= 15 is 0 Å². The average Bonchev–Trinajstić information content (AvgIpc) is 2.17. The zero-order valence-corrected chi connectivity index (χ0v) is 13.4. The van der Waals surface area contributed by atoms with Crippen LogP contribution in [0.2, 0.25) is 0 Å². The van der Waals surface area contributed by atoms with E-state index in [0.29, 0.717) is 12.2 Å². The summed E-state index contributed by atoms with van der Waals surface area (Å²) in [6.45, 7) is 0. The molecular weight excluding hydrogens is 275 g/mol. The average molecular weight is 303 g/mol. The molecule has 0 spiro atoms. The van der Waals surface area contributed by atoms with E-state index in [1.165, 1.54) is 25.7 Å². The molecule has 2 fully saturated rings. The summed E-state index contributed by atoms with van der Waals surface area (Å²) in [5.41, 5.74) is 0. The predicted octanol–water partition coefficient (Wildman–Crippen LogP) is 1.61. The zero-order chi connectivity index (χ0) is 12.0. The lowest BCUT2D eigenvalue weighted by Crippen LogP contribution is -2.43. The van der Waals surface area contributed by atoms with Crippen LogP contribution >= 0.6 is 24.8 Å². The predicted molar refractivity (Wildman–Crippen MR) is 80.3 cm³/mol. The van der Waals surface area contributed by atoms with Crippen LogP contribution in [0.4, 0.5) is 0 Å². The minimum Gasteiger partial charge on any atom is -0.381 e. The number of ether oxygens (including phenoxy) is 2. The van der Waals surface area contributed by atoms with Gasteiger partial charge in [0.15, 0.2) is 0 Å². The van der Waals surface area contributed by atoms with Gasteiger partial charge in [-0.3, -0.25) is 0 Å². The Labute approximate surface area is 123 Å². The molecule has 0 aromatic carbocycles. The Morgan fingerprint density at radius 1 is 0.722 bits per heavy atom. The minimum atomic E-state index is 0. The highest BCUT2D eigenvalue weighted by Crippen LogP contribution is 2.22. The van der Waals surface area contributed by atoms with Crippen LogP contribution in [0.3, 0.4) is 0 Å². The summed E-state index contributed by atoms with van der Waals surface area (Å²) in [5.74, 6) is 0. The van der Waals surface area contributed by atoms with Gasteiger partial charge in [-0.25, -0.2) is 0 Å². The van der Waals surface area contributed by atoms with Crippen molar-refractivity contribution in [1.82, 2.24) is 10.6 Å². The maximum atomic E-state index is 5.08. The second-order valence-corrected chi connectivity index (χ2v) is 4.63. The molecule has 2 N–H and O–H groups in total. The van der Waals surface area contributed by atoms with Gasteiger partial charge in [-0.05, 0) is 39.8 Å². The molecule has 0 aromatic heterocycles. The molecule has 0 unspecified atom stereocenters. The topological polar surface area (TPSA) is 42.5 Å². The number of nitrogens with one attached hydrogen (secondary N) is 2. The Hall–Kier alpha value is 0.420. The first-order valence-corrected chi connectivity index (χ1v) is 6.13. The van der Waals surface area contributed by atoms with Crippen molar-refractivity contribution in [3.63, 3.8) is 0 Å². The van der Waals surface area contributed by atoms with Crippen LogP contribution in [0.5, 0.6) is 0 Å². The van der Waals surface area contributed by atoms with Crippen molar-refractivity contribution in [3.8, 4) is 0 Å². The van der Waals surface area contributed by atoms with Crippen LogP contribution in [0.1, 0.15) is 25.7 Å². The van der Waals surface area contributed by atoms with Gasteiger partial charge in [0, 0.05) is 26.3 Å². The molecule has 2 saturated carbocycles. The SMILES string of the molecule is CNC1CC(OC)C1.CNC1CC(OC)C1.Cl.Cl. The van der Waals surface area contributed by atoms with Gasteiger partial charge in [-0.15, -0.1) is 24.8 Å². The van der Waals surface area contributed by atoms with Gasteiger partial charge in [-0.1, -0.05) is 0 Å². The molecule has 2 aliphatic rings. The van der Waals surface area contributed by atoms with Crippen LogP contribution in [-0.4, -0.2) is 52.6 Å². The van der Waals surface area contributed by atoms with Gasteiger partial charge in [0.1, 0.15) is 0 Å². The van der Waals surface area contributed by atoms with Gasteiger partial charge in [0.2, 0.25) is 0 Å². The molecule has 2 rings (SSSR count). The highest BCUT2D eigenvalue weighted by Gasteiger charge is 2.27. The molecule has 2 aliphatic carbocycles. The summed E-state index contributed by atoms with van der Waals surface area (Å²) < 4.78 is 10.2. The number of hydrogen-bond donors (Lipinski definition) is 2. The Balaban J connectivity index is 0. The molecule has 6 heteroatoms. The first-order valence-electron chi connectivity index (χ1n) is 6.13. The van der Waals surface area contributed by atoms with Crippen LogP contribution in [0.15, 0.2) is 0 Å². The number of methoxy groups -OCH3 is 2. The zero-order valence-electron chi connectivity index (χ0n) is 11.8. The summed E-state index contributed by atoms with van der Waals surface area (Å²) in [6.07, 6.45) is 5.82. The smallest absolute Gasteiger partial charge is 0.0601 e. The lowest BCUT2D eigenvalue weighted by Gasteiger charge is -2.33. The van der Waals surface area contributed by atoms with E-state index < -0.39 is 0 Å². The monoisotopic (exact) mass is 302 g/mol. The molecule has 4 nitrogen and oxygen atoms in total. The summed E-state index contributed by atoms with van der Waals surface area (Å²) in [4.78, 5) is 0. The molecule has 0 bridgehead atoms. The third-order valence-corrected chi connectivity index (χ3v) is 3.67. The molecule has 0 aliphatic heterocycles. The highest BCUT2D eigenvalue weighted by atomic mass is 35.5. The fourth-order valence-corrected chi connectivity index (χ4v) is 1.99. The number of rotatable bonds is 4. The van der Waals surface area contributed by atoms with Gasteiger partial charge >= 0.3 is 0 Å². The van der Waals surface area contributed by atoms with Gasteiger partial charge in [-0.2, -0.15) is 0 Å². The van der Waals surface area contributed by atoms with Gasteiger partial charge in [0.25, 0.3) is 0 Å². The van der Waals surface area contributed by atoms with Crippen molar-refractivity contribution in [2.45, 2.75) is 50.0 Å². The standard InChI is InChI=1S/2C6H13NO.2ClH/c2*1-7-5-3-6(4-5)8-2;;/h2*5-7H,3-4H2,1-2H3;2*1H. The highest BCUT2D eigenvalue weighted by molar-refractivity contribution is 5.85. The van der Waals surface area contributed by atoms with Crippen LogP contribution in [0.25, 0.3) is 0 Å². The van der Waals surface area contributed by atoms with Crippen molar-refractivity contribution in [3.05, 3.63) is 0 Å². The summed E-state index contributed by atoms with van der Waals surface area (Å²) in [6, 6.07) is 1.44. The molecule has 112 valence electrons. The van der Waals surface area contributed by atoms with Crippen LogP contribution in [-0.2, 0) is 9.47 Å². The minimum absolute atomic E-state index is 0. The van der Waals surface area contributed by atoms with E-state index in [1.807, 2.05) is 14.1 Å². The van der Waals surface area contributed by atoms with E-state index in [-0.39, 0.29) is 24.8 Å². The first kappa shape index (κ1) is 20.7. The Morgan fingerprint density at radius 2 is 1.00 bits per heavy atom. The first-order chi connectivity index (χ1) is 7.73. The van der Waals surface area contributed by atoms with E-state index in [2.05, 4.69) is 10.6 Å². The van der Waals surface area contributed by atoms with Gasteiger partial charge in [0.05, 0.1) is 12.2 Å². The van der Waals surface area contributed by atoms with Crippen molar-refractivity contribution in [1.29, 1.82) is 0 Å². The van der Waals surface area contributed by atoms with E-state index in [1.54, 1.807) is 14.2 Å². The molecule has 0 aromatic rings. The maximum absolute atomic E-state index is 5.08. The van der Waals surface area contributed by atoms with Crippen molar-refractivity contribution >= 4 is 24.8 Å². The molecule has 0 heterocycles. The lowest BCUT2D eigenvalue weighted by molar-refractivity contribution is 0.0194. The summed E-state index contributed by atoms with van der Waals surface area (Å²) >= 11 is 0. The third kappa shape index (κ3) is 6.55. The van der Waals surface area contributed by atoms with Crippen LogP contribution < -0.4 is 10.6 Å². The molecule has 0 radical (unpaired) electrons. The largest absolute Gasteiger partial charge is 0.381 e. The summed E-state index contributed by atoms with van der Waals surface area (Å²) in [7, 11) is 7.54. The van der Waals surface area contributed by atoms with Crippen LogP contribution in [0, 0.1) is 0 Å². The Bertz CT molecular complexity index is 151. The van der Waals surface area contributed by atoms with Crippen molar-refractivity contribution < 1.29 is 9.47 Å². The fraction of sp³-hybridized carbons (Fsp3) is 1.00. The third-order valence-electron chi connectivity index (χ3n) is 3.67. The van der Waals surface area contributed by atoms with Gasteiger partial charge < -0.3 is 20.1 Å². The Morgan fingerprint density at radius 3 is 1.17 bits per heavy atom. The number of halogens is 2. The molecule has 18 heavy (non-hydrogen) atoms. The van der Waals surface area contributed by atoms with Crippen molar-refractivity contribution in [2.75, 3.05) is 28.3 Å². The Kier molecular flexibility index (Phi) is 13.0. The molecule has 0 amide bonds. The quantitative estimate of drug-likeness (QED) is 0.828. The van der Waals surface area contributed by atoms with E-state index in [4.69, 9.17) is 9.47 Å². The molecule has 0 saturated heterocycles. The van der Waals surface area contributed by atoms with E-state index in [0.717, 1.165) is 12.1 Å². The second kappa shape index (κ2) is 11.3. The van der Waals surface area contributed by atoms with Crippen molar-refractivity contribution in [2.24, 2.45) is 0 Å². The molecular formula is C12H28Cl2N2O2. The summed E-state index contributed by atoms with van der Waals surface area (Å²) in [5, 5.41) is 6.37. The van der Waals surface area contributed by atoms with E-state index in [9.17, 15) is 0 Å². The lowest BCUT2D eigenvalue weighted by atomic mass is 9.90. The number of hydrogen-bond acceptors (Lipinski definition) is 4. The second-order valence-electron chi connectivity index (χ2n) is 4.63. The fourth-order valence-electron chi connectivity index (χ4n) is 1.99.